The van der Waals surface area contributed by atoms with Gasteiger partial charge in [0.2, 0.25) is 5.78 Å². The standard InChI is InChI=1S/C7H6O2.C3H4O3.ClH.2Na/c8-7(9)6-4-2-1-3-5-6;1-2(4)3(5)6;;;/h1-5H,(H,8,9);1H3,(H,5,6);1H;;/q;;;2*+1/p-2. The zero-order valence-corrected chi connectivity index (χ0v) is 15.1. The van der Waals surface area contributed by atoms with Gasteiger partial charge in [-0.15, -0.1) is 0 Å². The first-order chi connectivity index (χ1) is 6.95. The number of rotatable bonds is 2. The first-order valence-corrected chi connectivity index (χ1v) is 3.95. The number of aromatic carboxylic acids is 1. The Kier molecular flexibility index (Phi) is 22.5. The van der Waals surface area contributed by atoms with Crippen LogP contribution in [-0.2, 0) is 9.59 Å². The molecule has 88 valence electrons. The predicted octanol–water partition coefficient (Wildman–Crippen LogP) is -9.28. The smallest absolute Gasteiger partial charge is 1.00 e. The maximum atomic E-state index is 10.1. The van der Waals surface area contributed by atoms with E-state index < -0.39 is 17.7 Å². The van der Waals surface area contributed by atoms with E-state index in [0.29, 0.717) is 0 Å². The molecule has 0 unspecified atom stereocenters. The molecule has 8 heteroatoms. The van der Waals surface area contributed by atoms with Crippen molar-refractivity contribution in [3.8, 4) is 0 Å². The van der Waals surface area contributed by atoms with Crippen LogP contribution >= 0.6 is 0 Å². The van der Waals surface area contributed by atoms with Crippen molar-refractivity contribution in [3.05, 3.63) is 35.9 Å². The van der Waals surface area contributed by atoms with Crippen LogP contribution in [0.1, 0.15) is 17.3 Å². The van der Waals surface area contributed by atoms with Crippen molar-refractivity contribution in [2.24, 2.45) is 0 Å². The van der Waals surface area contributed by atoms with E-state index in [2.05, 4.69) is 0 Å². The normalized spacial score (nSPS) is 6.94. The van der Waals surface area contributed by atoms with Gasteiger partial charge in [0.05, 0.1) is 5.97 Å². The van der Waals surface area contributed by atoms with Crippen LogP contribution in [0.15, 0.2) is 30.3 Å². The van der Waals surface area contributed by atoms with Gasteiger partial charge in [-0.1, -0.05) is 30.3 Å². The average molecular weight is 291 g/mol. The molecule has 1 rings (SSSR count). The molecule has 0 aromatic heterocycles. The summed E-state index contributed by atoms with van der Waals surface area (Å²) in [6.07, 6.45) is 0. The monoisotopic (exact) mass is 290 g/mol. The number of carboxylic acids is 2. The summed E-state index contributed by atoms with van der Waals surface area (Å²) in [5.74, 6) is -3.33. The molecule has 0 saturated carbocycles. The summed E-state index contributed by atoms with van der Waals surface area (Å²) >= 11 is 0. The Morgan fingerprint density at radius 1 is 1.06 bits per heavy atom. The van der Waals surface area contributed by atoms with E-state index in [1.54, 1.807) is 18.2 Å². The molecule has 1 aromatic rings. The van der Waals surface area contributed by atoms with Gasteiger partial charge in [-0.25, -0.2) is 4.79 Å². The summed E-state index contributed by atoms with van der Waals surface area (Å²) in [6, 6.07) is 8.06. The van der Waals surface area contributed by atoms with Crippen molar-refractivity contribution in [3.63, 3.8) is 0 Å². The average Bonchev–Trinajstić information content (AvgIpc) is 2.20. The molecule has 1 N–H and O–H groups in total. The minimum absolute atomic E-state index is 0. The number of benzene rings is 1. The number of carboxylic acid groups (broad SMARTS) is 2. The molecule has 0 spiro atoms. The number of carbonyl (C=O) groups is 3. The number of aliphatic carboxylic acids is 1. The van der Waals surface area contributed by atoms with Crippen LogP contribution in [0.4, 0.5) is 0 Å². The van der Waals surface area contributed by atoms with Gasteiger partial charge in [0.1, 0.15) is 0 Å². The molecule has 0 aliphatic heterocycles. The van der Waals surface area contributed by atoms with E-state index >= 15 is 0 Å². The number of Topliss-reactive ketones (excluding diaryl/α,β-unsaturated/α-hetero) is 1. The molecule has 0 amide bonds. The fourth-order valence-electron chi connectivity index (χ4n) is 0.574. The van der Waals surface area contributed by atoms with E-state index in [-0.39, 0.29) is 77.1 Å². The largest absolute Gasteiger partial charge is 1.00 e. The molecule has 0 aliphatic carbocycles. The third-order valence-electron chi connectivity index (χ3n) is 1.31. The molecule has 0 bridgehead atoms. The van der Waals surface area contributed by atoms with E-state index in [9.17, 15) is 19.5 Å². The summed E-state index contributed by atoms with van der Waals surface area (Å²) < 4.78 is 0. The Bertz CT molecular complexity index is 358. The molecule has 5 nitrogen and oxygen atoms in total. The van der Waals surface area contributed by atoms with Gasteiger partial charge in [0, 0.05) is 6.92 Å². The van der Waals surface area contributed by atoms with Crippen molar-refractivity contribution in [2.45, 2.75) is 6.92 Å². The van der Waals surface area contributed by atoms with Crippen molar-refractivity contribution in [1.82, 2.24) is 0 Å². The zero-order chi connectivity index (χ0) is 11.8. The van der Waals surface area contributed by atoms with Gasteiger partial charge in [0.25, 0.3) is 0 Å². The quantitative estimate of drug-likeness (QED) is 0.431. The Hall–Kier alpha value is 0.120. The molecule has 0 saturated heterocycles. The van der Waals surface area contributed by atoms with Crippen LogP contribution in [0.2, 0.25) is 0 Å². The van der Waals surface area contributed by atoms with Crippen LogP contribution in [0.25, 0.3) is 0 Å². The predicted molar refractivity (Wildman–Crippen MR) is 49.1 cm³/mol. The molecule has 0 atom stereocenters. The number of hydrogen-bond donors (Lipinski definition) is 1. The van der Waals surface area contributed by atoms with Gasteiger partial charge in [-0.2, -0.15) is 0 Å². The molecular formula is C10H9ClNa2O5. The Balaban J connectivity index is -0.0000000992. The van der Waals surface area contributed by atoms with Gasteiger partial charge < -0.3 is 27.4 Å². The van der Waals surface area contributed by atoms with Crippen molar-refractivity contribution in [2.75, 3.05) is 0 Å². The van der Waals surface area contributed by atoms with Gasteiger partial charge in [-0.3, -0.25) is 4.79 Å². The van der Waals surface area contributed by atoms with Crippen molar-refractivity contribution < 1.29 is 96.1 Å². The second-order valence-corrected chi connectivity index (χ2v) is 2.51. The summed E-state index contributed by atoms with van der Waals surface area (Å²) in [7, 11) is 0. The second kappa shape index (κ2) is 15.2. The van der Waals surface area contributed by atoms with Crippen molar-refractivity contribution >= 4 is 17.7 Å². The van der Waals surface area contributed by atoms with E-state index in [1.807, 2.05) is 0 Å². The Morgan fingerprint density at radius 3 is 1.56 bits per heavy atom. The fraction of sp³-hybridized carbons (Fsp3) is 0.100. The SMILES string of the molecule is CC(=O)C(=O)O.O=C([O-])c1ccccc1.[Cl-].[Na+].[Na+]. The molecule has 0 aliphatic rings. The Labute approximate surface area is 155 Å². The molecule has 0 heterocycles. The minimum atomic E-state index is -1.38. The first-order valence-electron chi connectivity index (χ1n) is 3.95. The van der Waals surface area contributed by atoms with Crippen LogP contribution < -0.4 is 76.6 Å². The minimum Gasteiger partial charge on any atom is -1.00 e. The van der Waals surface area contributed by atoms with Crippen LogP contribution in [0.3, 0.4) is 0 Å². The van der Waals surface area contributed by atoms with Crippen molar-refractivity contribution in [1.29, 1.82) is 0 Å². The van der Waals surface area contributed by atoms with Crippen LogP contribution in [0.5, 0.6) is 0 Å². The van der Waals surface area contributed by atoms with Gasteiger partial charge >= 0.3 is 65.1 Å². The number of hydrogen-bond acceptors (Lipinski definition) is 4. The third-order valence-corrected chi connectivity index (χ3v) is 1.31. The fourth-order valence-corrected chi connectivity index (χ4v) is 0.574. The number of carbonyl (C=O) groups excluding carboxylic acids is 2. The van der Waals surface area contributed by atoms with E-state index in [4.69, 9.17) is 5.11 Å². The molecule has 0 radical (unpaired) electrons. The van der Waals surface area contributed by atoms with Gasteiger partial charge in [-0.05, 0) is 5.56 Å². The topological polar surface area (TPSA) is 94.5 Å². The Morgan fingerprint density at radius 2 is 1.39 bits per heavy atom. The van der Waals surface area contributed by atoms with Crippen LogP contribution in [-0.4, -0.2) is 22.8 Å². The second-order valence-electron chi connectivity index (χ2n) is 2.51. The maximum absolute atomic E-state index is 10.1. The summed E-state index contributed by atoms with van der Waals surface area (Å²) in [4.78, 5) is 29.0. The van der Waals surface area contributed by atoms with Gasteiger partial charge in [0.15, 0.2) is 0 Å². The molecule has 1 aromatic carbocycles. The van der Waals surface area contributed by atoms with E-state index in [0.717, 1.165) is 6.92 Å². The zero-order valence-electron chi connectivity index (χ0n) is 10.3. The number of halogens is 1. The van der Waals surface area contributed by atoms with E-state index in [1.165, 1.54) is 12.1 Å². The third kappa shape index (κ3) is 14.2. The summed E-state index contributed by atoms with van der Waals surface area (Å²) in [5, 5.41) is 17.7. The summed E-state index contributed by atoms with van der Waals surface area (Å²) in [6.45, 7) is 1.00. The summed E-state index contributed by atoms with van der Waals surface area (Å²) in [5.41, 5.74) is 0.220. The number of ketones is 1. The maximum Gasteiger partial charge on any atom is 1.00 e. The molecular weight excluding hydrogens is 282 g/mol. The first kappa shape index (κ1) is 26.6. The molecule has 0 fully saturated rings. The molecule has 18 heavy (non-hydrogen) atoms. The van der Waals surface area contributed by atoms with Crippen LogP contribution in [0, 0.1) is 0 Å².